The number of hydrogen-bond acceptors (Lipinski definition) is 5. The van der Waals surface area contributed by atoms with E-state index in [9.17, 15) is 17.6 Å². The number of sulfonamides is 1. The molecule has 170 valence electrons. The van der Waals surface area contributed by atoms with Crippen molar-refractivity contribution in [1.29, 1.82) is 0 Å². The minimum Gasteiger partial charge on any atom is -0.316 e. The molecule has 0 bridgehead atoms. The molecule has 1 fully saturated rings. The van der Waals surface area contributed by atoms with Crippen molar-refractivity contribution in [2.75, 3.05) is 25.1 Å². The summed E-state index contributed by atoms with van der Waals surface area (Å²) in [6.07, 6.45) is 3.19. The van der Waals surface area contributed by atoms with E-state index in [1.54, 1.807) is 48.2 Å². The van der Waals surface area contributed by atoms with Crippen LogP contribution in [-0.4, -0.2) is 48.3 Å². The molecule has 1 unspecified atom stereocenters. The third kappa shape index (κ3) is 4.83. The lowest BCUT2D eigenvalue weighted by Gasteiger charge is -2.30. The van der Waals surface area contributed by atoms with E-state index in [0.717, 1.165) is 16.0 Å². The fourth-order valence-corrected chi connectivity index (χ4v) is 6.82. The number of halogens is 1. The van der Waals surface area contributed by atoms with Gasteiger partial charge in [0, 0.05) is 25.4 Å². The Hall–Kier alpha value is -2.01. The van der Waals surface area contributed by atoms with Crippen LogP contribution in [0.1, 0.15) is 12.8 Å². The van der Waals surface area contributed by atoms with E-state index in [2.05, 4.69) is 4.99 Å². The number of fused-ring (bicyclic) bond motifs is 1. The summed E-state index contributed by atoms with van der Waals surface area (Å²) in [7, 11) is -3.65. The molecular weight excluding hydrogens is 469 g/mol. The lowest BCUT2D eigenvalue weighted by Crippen LogP contribution is -2.42. The first-order valence-electron chi connectivity index (χ1n) is 10.3. The SMILES string of the molecule is CSCCn1c(=NC(=O)C2CCCN(S(=O)(=O)c3ccccc3)C2)sc2cc(F)ccc21. The Balaban J connectivity index is 1.62. The summed E-state index contributed by atoms with van der Waals surface area (Å²) >= 11 is 2.96. The summed E-state index contributed by atoms with van der Waals surface area (Å²) in [5.41, 5.74) is 0.842. The normalized spacial score (nSPS) is 18.3. The number of benzene rings is 2. The van der Waals surface area contributed by atoms with Gasteiger partial charge in [-0.2, -0.15) is 21.1 Å². The number of rotatable bonds is 6. The number of carbonyl (C=O) groups is 1. The van der Waals surface area contributed by atoms with Crippen molar-refractivity contribution in [3.05, 3.63) is 59.1 Å². The minimum atomic E-state index is -3.65. The van der Waals surface area contributed by atoms with Gasteiger partial charge < -0.3 is 4.57 Å². The molecular formula is C22H24FN3O3S3. The predicted molar refractivity (Wildman–Crippen MR) is 127 cm³/mol. The molecule has 3 aromatic rings. The van der Waals surface area contributed by atoms with Crippen molar-refractivity contribution in [1.82, 2.24) is 8.87 Å². The largest absolute Gasteiger partial charge is 0.316 e. The van der Waals surface area contributed by atoms with Crippen LogP contribution in [0.25, 0.3) is 10.2 Å². The molecule has 1 atom stereocenters. The molecule has 0 spiro atoms. The van der Waals surface area contributed by atoms with E-state index >= 15 is 0 Å². The molecule has 1 aliphatic heterocycles. The highest BCUT2D eigenvalue weighted by Crippen LogP contribution is 2.25. The summed E-state index contributed by atoms with van der Waals surface area (Å²) in [6.45, 7) is 1.15. The molecule has 0 radical (unpaired) electrons. The number of hydrogen-bond donors (Lipinski definition) is 0. The molecule has 10 heteroatoms. The maximum absolute atomic E-state index is 13.7. The number of piperidine rings is 1. The zero-order valence-corrected chi connectivity index (χ0v) is 20.1. The summed E-state index contributed by atoms with van der Waals surface area (Å²) < 4.78 is 43.7. The van der Waals surface area contributed by atoms with E-state index in [-0.39, 0.29) is 23.2 Å². The van der Waals surface area contributed by atoms with E-state index in [4.69, 9.17) is 0 Å². The molecule has 2 aromatic carbocycles. The first-order valence-corrected chi connectivity index (χ1v) is 14.0. The molecule has 1 aliphatic rings. The second kappa shape index (κ2) is 9.86. The van der Waals surface area contributed by atoms with Crippen LogP contribution in [0.4, 0.5) is 4.39 Å². The summed E-state index contributed by atoms with van der Waals surface area (Å²) in [5.74, 6) is -0.333. The van der Waals surface area contributed by atoms with Gasteiger partial charge in [-0.15, -0.1) is 0 Å². The van der Waals surface area contributed by atoms with Crippen LogP contribution in [0.3, 0.4) is 0 Å². The third-order valence-electron chi connectivity index (χ3n) is 5.48. The van der Waals surface area contributed by atoms with E-state index < -0.39 is 15.9 Å². The highest BCUT2D eigenvalue weighted by molar-refractivity contribution is 7.98. The average Bonchev–Trinajstić information content (AvgIpc) is 3.14. The van der Waals surface area contributed by atoms with Crippen molar-refractivity contribution in [2.45, 2.75) is 24.3 Å². The smallest absolute Gasteiger partial charge is 0.252 e. The van der Waals surface area contributed by atoms with Gasteiger partial charge in [0.1, 0.15) is 5.82 Å². The van der Waals surface area contributed by atoms with Crippen molar-refractivity contribution >= 4 is 49.2 Å². The Morgan fingerprint density at radius 2 is 2.03 bits per heavy atom. The molecule has 6 nitrogen and oxygen atoms in total. The topological polar surface area (TPSA) is 71.7 Å². The van der Waals surface area contributed by atoms with Gasteiger partial charge in [-0.05, 0) is 49.4 Å². The van der Waals surface area contributed by atoms with Gasteiger partial charge in [0.05, 0.1) is 21.0 Å². The van der Waals surface area contributed by atoms with Crippen LogP contribution in [0.15, 0.2) is 58.4 Å². The lowest BCUT2D eigenvalue weighted by atomic mass is 9.99. The van der Waals surface area contributed by atoms with Crippen LogP contribution in [0.2, 0.25) is 0 Å². The van der Waals surface area contributed by atoms with Gasteiger partial charge in [0.15, 0.2) is 4.80 Å². The molecule has 1 saturated heterocycles. The van der Waals surface area contributed by atoms with Crippen LogP contribution < -0.4 is 4.80 Å². The standard InChI is InChI=1S/C22H24FN3O3S3/c1-30-13-12-26-19-10-9-17(23)14-20(19)31-22(26)24-21(27)16-6-5-11-25(15-16)32(28,29)18-7-3-2-4-8-18/h2-4,7-10,14,16H,5-6,11-13,15H2,1H3. The van der Waals surface area contributed by atoms with E-state index in [1.807, 2.05) is 10.8 Å². The number of aromatic nitrogens is 1. The summed E-state index contributed by atoms with van der Waals surface area (Å²) in [4.78, 5) is 18.2. The Morgan fingerprint density at radius 3 is 2.78 bits per heavy atom. The molecule has 32 heavy (non-hydrogen) atoms. The first-order chi connectivity index (χ1) is 15.4. The Labute approximate surface area is 194 Å². The monoisotopic (exact) mass is 493 g/mol. The predicted octanol–water partition coefficient (Wildman–Crippen LogP) is 3.73. The number of amides is 1. The first kappa shape index (κ1) is 23.2. The Kier molecular flexibility index (Phi) is 7.14. The van der Waals surface area contributed by atoms with Gasteiger partial charge in [0.25, 0.3) is 5.91 Å². The quantitative estimate of drug-likeness (QED) is 0.525. The zero-order chi connectivity index (χ0) is 22.7. The fraction of sp³-hybridized carbons (Fsp3) is 0.364. The van der Waals surface area contributed by atoms with Crippen LogP contribution in [-0.2, 0) is 21.4 Å². The minimum absolute atomic E-state index is 0.115. The van der Waals surface area contributed by atoms with Gasteiger partial charge in [-0.1, -0.05) is 29.5 Å². The molecule has 4 rings (SSSR count). The molecule has 0 aliphatic carbocycles. The summed E-state index contributed by atoms with van der Waals surface area (Å²) in [6, 6.07) is 12.8. The Morgan fingerprint density at radius 1 is 1.25 bits per heavy atom. The highest BCUT2D eigenvalue weighted by Gasteiger charge is 2.33. The van der Waals surface area contributed by atoms with E-state index in [0.29, 0.717) is 30.7 Å². The summed E-state index contributed by atoms with van der Waals surface area (Å²) in [5, 5.41) is 0. The number of carbonyl (C=O) groups excluding carboxylic acids is 1. The average molecular weight is 494 g/mol. The second-order valence-corrected chi connectivity index (χ2v) is 11.5. The van der Waals surface area contributed by atoms with Crippen molar-refractivity contribution in [3.8, 4) is 0 Å². The molecule has 1 aromatic heterocycles. The number of nitrogens with zero attached hydrogens (tertiary/aromatic N) is 3. The Bertz CT molecular complexity index is 1290. The number of thiazole rings is 1. The molecule has 0 N–H and O–H groups in total. The maximum Gasteiger partial charge on any atom is 0.252 e. The fourth-order valence-electron chi connectivity index (χ4n) is 3.82. The highest BCUT2D eigenvalue weighted by atomic mass is 32.2. The molecule has 0 saturated carbocycles. The van der Waals surface area contributed by atoms with Gasteiger partial charge >= 0.3 is 0 Å². The second-order valence-electron chi connectivity index (χ2n) is 7.61. The molecule has 1 amide bonds. The van der Waals surface area contributed by atoms with Gasteiger partial charge in [-0.25, -0.2) is 12.8 Å². The zero-order valence-electron chi connectivity index (χ0n) is 17.6. The van der Waals surface area contributed by atoms with Crippen LogP contribution >= 0.6 is 23.1 Å². The number of thioether (sulfide) groups is 1. The van der Waals surface area contributed by atoms with Crippen molar-refractivity contribution in [2.24, 2.45) is 10.9 Å². The van der Waals surface area contributed by atoms with E-state index in [1.165, 1.54) is 27.8 Å². The number of aryl methyl sites for hydroxylation is 1. The third-order valence-corrected chi connectivity index (χ3v) is 9.00. The van der Waals surface area contributed by atoms with Crippen molar-refractivity contribution < 1.29 is 17.6 Å². The van der Waals surface area contributed by atoms with Crippen LogP contribution in [0, 0.1) is 11.7 Å². The molecule has 2 heterocycles. The van der Waals surface area contributed by atoms with Crippen LogP contribution in [0.5, 0.6) is 0 Å². The van der Waals surface area contributed by atoms with Gasteiger partial charge in [-0.3, -0.25) is 4.79 Å². The maximum atomic E-state index is 13.7. The lowest BCUT2D eigenvalue weighted by molar-refractivity contribution is -0.122. The van der Waals surface area contributed by atoms with Crippen molar-refractivity contribution in [3.63, 3.8) is 0 Å². The van der Waals surface area contributed by atoms with Gasteiger partial charge in [0.2, 0.25) is 10.0 Å².